The maximum atomic E-state index is 8.92. The van der Waals surface area contributed by atoms with E-state index in [2.05, 4.69) is 31.0 Å². The van der Waals surface area contributed by atoms with E-state index in [0.29, 0.717) is 11.6 Å². The van der Waals surface area contributed by atoms with Crippen LogP contribution in [0.2, 0.25) is 0 Å². The molecule has 4 nitrogen and oxygen atoms in total. The van der Waals surface area contributed by atoms with Crippen LogP contribution in [0.25, 0.3) is 5.69 Å². The molecule has 0 unspecified atom stereocenters. The van der Waals surface area contributed by atoms with Crippen molar-refractivity contribution in [2.24, 2.45) is 0 Å². The van der Waals surface area contributed by atoms with Crippen molar-refractivity contribution in [3.8, 4) is 11.8 Å². The predicted molar refractivity (Wildman–Crippen MR) is 77.4 cm³/mol. The van der Waals surface area contributed by atoms with Crippen molar-refractivity contribution in [1.29, 1.82) is 5.26 Å². The number of fused-ring (bicyclic) bond motifs is 1. The molecule has 0 saturated heterocycles. The van der Waals surface area contributed by atoms with Crippen molar-refractivity contribution < 1.29 is 0 Å². The Morgan fingerprint density at radius 2 is 2.10 bits per heavy atom. The van der Waals surface area contributed by atoms with Crippen molar-refractivity contribution >= 4 is 0 Å². The molecule has 102 valence electrons. The first kappa shape index (κ1) is 12.9. The second-order valence-corrected chi connectivity index (χ2v) is 5.66. The Balaban J connectivity index is 1.92. The smallest absolute Gasteiger partial charge is 0.0991 e. The van der Waals surface area contributed by atoms with Crippen LogP contribution in [-0.4, -0.2) is 20.7 Å². The fourth-order valence-electron chi connectivity index (χ4n) is 2.65. The largest absolute Gasteiger partial charge is 0.291 e. The van der Waals surface area contributed by atoms with Crippen LogP contribution < -0.4 is 0 Å². The Labute approximate surface area is 119 Å². The highest BCUT2D eigenvalue weighted by molar-refractivity contribution is 5.46. The van der Waals surface area contributed by atoms with Crippen molar-refractivity contribution in [3.05, 3.63) is 46.8 Å². The molecule has 4 heteroatoms. The summed E-state index contributed by atoms with van der Waals surface area (Å²) >= 11 is 0. The zero-order valence-electron chi connectivity index (χ0n) is 12.1. The third kappa shape index (κ3) is 2.10. The Morgan fingerprint density at radius 3 is 2.70 bits per heavy atom. The summed E-state index contributed by atoms with van der Waals surface area (Å²) < 4.78 is 1.94. The van der Waals surface area contributed by atoms with E-state index in [1.165, 1.54) is 11.3 Å². The zero-order valence-corrected chi connectivity index (χ0v) is 12.1. The Morgan fingerprint density at radius 1 is 1.30 bits per heavy atom. The zero-order chi connectivity index (χ0) is 14.3. The van der Waals surface area contributed by atoms with Gasteiger partial charge in [-0.2, -0.15) is 10.4 Å². The molecule has 1 aliphatic heterocycles. The molecule has 0 radical (unpaired) electrons. The van der Waals surface area contributed by atoms with E-state index in [1.54, 1.807) is 0 Å². The topological polar surface area (TPSA) is 44.9 Å². The minimum absolute atomic E-state index is 0.550. The van der Waals surface area contributed by atoms with Gasteiger partial charge in [0.2, 0.25) is 0 Å². The van der Waals surface area contributed by atoms with E-state index >= 15 is 0 Å². The Bertz CT molecular complexity index is 667. The first-order valence-corrected chi connectivity index (χ1v) is 6.91. The average molecular weight is 266 g/mol. The maximum absolute atomic E-state index is 8.92. The highest BCUT2D eigenvalue weighted by Crippen LogP contribution is 2.25. The normalized spacial score (nSPS) is 14.6. The second kappa shape index (κ2) is 4.77. The standard InChI is InChI=1S/C16H18N4/c1-11(2)19-8-14-9-20(18-15(14)10-19)16-5-4-13(7-17)6-12(16)3/h4-6,9,11H,8,10H2,1-3H3. The summed E-state index contributed by atoms with van der Waals surface area (Å²) in [6.45, 7) is 8.34. The molecule has 0 bridgehead atoms. The summed E-state index contributed by atoms with van der Waals surface area (Å²) in [7, 11) is 0. The lowest BCUT2D eigenvalue weighted by atomic mass is 10.1. The molecule has 3 rings (SSSR count). The fourth-order valence-corrected chi connectivity index (χ4v) is 2.65. The highest BCUT2D eigenvalue weighted by atomic mass is 15.3. The van der Waals surface area contributed by atoms with Gasteiger partial charge in [-0.25, -0.2) is 4.68 Å². The molecule has 1 aromatic carbocycles. The van der Waals surface area contributed by atoms with Gasteiger partial charge in [-0.1, -0.05) is 0 Å². The number of hydrogen-bond acceptors (Lipinski definition) is 3. The number of rotatable bonds is 2. The molecule has 2 aromatic rings. The van der Waals surface area contributed by atoms with Crippen LogP contribution in [0.15, 0.2) is 24.4 Å². The Kier molecular flexibility index (Phi) is 3.07. The summed E-state index contributed by atoms with van der Waals surface area (Å²) in [5.74, 6) is 0. The predicted octanol–water partition coefficient (Wildman–Crippen LogP) is 2.78. The van der Waals surface area contributed by atoms with Crippen LogP contribution in [0.3, 0.4) is 0 Å². The summed E-state index contributed by atoms with van der Waals surface area (Å²) in [5, 5.41) is 13.6. The van der Waals surface area contributed by atoms with Crippen LogP contribution >= 0.6 is 0 Å². The summed E-state index contributed by atoms with van der Waals surface area (Å²) in [6, 6.07) is 8.43. The average Bonchev–Trinajstić information content (AvgIpc) is 2.96. The minimum atomic E-state index is 0.550. The van der Waals surface area contributed by atoms with Crippen LogP contribution in [0, 0.1) is 18.3 Å². The summed E-state index contributed by atoms with van der Waals surface area (Å²) in [5.41, 5.74) is 5.29. The SMILES string of the molecule is Cc1cc(C#N)ccc1-n1cc2c(n1)CN(C(C)C)C2. The van der Waals surface area contributed by atoms with Gasteiger partial charge in [0.15, 0.2) is 0 Å². The van der Waals surface area contributed by atoms with E-state index in [4.69, 9.17) is 10.4 Å². The summed E-state index contributed by atoms with van der Waals surface area (Å²) in [6.07, 6.45) is 2.12. The first-order chi connectivity index (χ1) is 9.58. The lowest BCUT2D eigenvalue weighted by Crippen LogP contribution is -2.25. The number of aryl methyl sites for hydroxylation is 1. The lowest BCUT2D eigenvalue weighted by Gasteiger charge is -2.19. The van der Waals surface area contributed by atoms with Gasteiger partial charge in [0, 0.05) is 30.9 Å². The second-order valence-electron chi connectivity index (χ2n) is 5.66. The first-order valence-electron chi connectivity index (χ1n) is 6.91. The van der Waals surface area contributed by atoms with Gasteiger partial charge in [0.1, 0.15) is 0 Å². The van der Waals surface area contributed by atoms with E-state index < -0.39 is 0 Å². The number of aromatic nitrogens is 2. The molecule has 2 heterocycles. The van der Waals surface area contributed by atoms with Gasteiger partial charge < -0.3 is 0 Å². The number of benzene rings is 1. The number of nitrogens with zero attached hydrogens (tertiary/aromatic N) is 4. The third-order valence-electron chi connectivity index (χ3n) is 3.91. The molecule has 0 N–H and O–H groups in total. The summed E-state index contributed by atoms with van der Waals surface area (Å²) in [4.78, 5) is 2.41. The van der Waals surface area contributed by atoms with Crippen LogP contribution in [0.1, 0.15) is 36.2 Å². The van der Waals surface area contributed by atoms with Crippen molar-refractivity contribution in [2.45, 2.75) is 39.9 Å². The fraction of sp³-hybridized carbons (Fsp3) is 0.375. The molecule has 0 saturated carbocycles. The van der Waals surface area contributed by atoms with Crippen LogP contribution in [0.5, 0.6) is 0 Å². The van der Waals surface area contributed by atoms with Crippen molar-refractivity contribution in [1.82, 2.24) is 14.7 Å². The van der Waals surface area contributed by atoms with E-state index in [-0.39, 0.29) is 0 Å². The molecule has 20 heavy (non-hydrogen) atoms. The quantitative estimate of drug-likeness (QED) is 0.839. The Hall–Kier alpha value is -2.12. The molecule has 0 atom stereocenters. The lowest BCUT2D eigenvalue weighted by molar-refractivity contribution is 0.224. The number of nitriles is 1. The minimum Gasteiger partial charge on any atom is -0.291 e. The highest BCUT2D eigenvalue weighted by Gasteiger charge is 2.24. The van der Waals surface area contributed by atoms with E-state index in [0.717, 1.165) is 24.3 Å². The van der Waals surface area contributed by atoms with Gasteiger partial charge in [0.05, 0.1) is 23.0 Å². The molecule has 0 fully saturated rings. The van der Waals surface area contributed by atoms with Gasteiger partial charge in [-0.3, -0.25) is 4.90 Å². The van der Waals surface area contributed by atoms with Gasteiger partial charge in [-0.05, 0) is 44.5 Å². The van der Waals surface area contributed by atoms with E-state index in [1.807, 2.05) is 29.8 Å². The monoisotopic (exact) mass is 266 g/mol. The van der Waals surface area contributed by atoms with Crippen molar-refractivity contribution in [3.63, 3.8) is 0 Å². The van der Waals surface area contributed by atoms with Gasteiger partial charge in [-0.15, -0.1) is 0 Å². The number of hydrogen-bond donors (Lipinski definition) is 0. The van der Waals surface area contributed by atoms with Crippen LogP contribution in [0.4, 0.5) is 0 Å². The van der Waals surface area contributed by atoms with Crippen LogP contribution in [-0.2, 0) is 13.1 Å². The molecular weight excluding hydrogens is 248 g/mol. The van der Waals surface area contributed by atoms with Gasteiger partial charge >= 0.3 is 0 Å². The molecule has 0 amide bonds. The molecule has 1 aliphatic rings. The molecule has 1 aromatic heterocycles. The molecule has 0 aliphatic carbocycles. The molecule has 0 spiro atoms. The maximum Gasteiger partial charge on any atom is 0.0991 e. The molecular formula is C16H18N4. The van der Waals surface area contributed by atoms with Gasteiger partial charge in [0.25, 0.3) is 0 Å². The third-order valence-corrected chi connectivity index (χ3v) is 3.91. The van der Waals surface area contributed by atoms with Crippen molar-refractivity contribution in [2.75, 3.05) is 0 Å². The van der Waals surface area contributed by atoms with E-state index in [9.17, 15) is 0 Å².